The average Bonchev–Trinajstić information content (AvgIpc) is 3.27. The van der Waals surface area contributed by atoms with Crippen LogP contribution in [-0.4, -0.2) is 54.0 Å². The molecular weight excluding hydrogens is 532 g/mol. The fourth-order valence-corrected chi connectivity index (χ4v) is 6.97. The van der Waals surface area contributed by atoms with Crippen molar-refractivity contribution in [1.29, 1.82) is 0 Å². The minimum absolute atomic E-state index is 0.00360. The highest BCUT2D eigenvalue weighted by Gasteiger charge is 2.32. The highest BCUT2D eigenvalue weighted by molar-refractivity contribution is 7.89. The summed E-state index contributed by atoms with van der Waals surface area (Å²) in [5.41, 5.74) is 8.67. The Balaban J connectivity index is 1.63. The Hall–Kier alpha value is -3.31. The van der Waals surface area contributed by atoms with Gasteiger partial charge in [-0.2, -0.15) is 4.31 Å². The topological polar surface area (TPSA) is 126 Å². The number of thiazole rings is 1. The molecule has 1 aromatic heterocycles. The zero-order valence-electron chi connectivity index (χ0n) is 22.2. The van der Waals surface area contributed by atoms with Gasteiger partial charge in [0.25, 0.3) is 5.91 Å². The molecule has 0 saturated heterocycles. The number of aryl methyl sites for hydroxylation is 1. The third kappa shape index (κ3) is 7.02. The molecule has 39 heavy (non-hydrogen) atoms. The first-order valence-electron chi connectivity index (χ1n) is 12.8. The molecule has 0 aliphatic rings. The van der Waals surface area contributed by atoms with E-state index in [9.17, 15) is 18.3 Å². The summed E-state index contributed by atoms with van der Waals surface area (Å²) in [6.45, 7) is 5.70. The Morgan fingerprint density at radius 1 is 1.05 bits per heavy atom. The van der Waals surface area contributed by atoms with Gasteiger partial charge in [0.05, 0.1) is 27.3 Å². The molecule has 8 nitrogen and oxygen atoms in total. The molecule has 0 fully saturated rings. The molecule has 0 spiro atoms. The number of aliphatic hydroxyl groups is 1. The second-order valence-electron chi connectivity index (χ2n) is 10.0. The van der Waals surface area contributed by atoms with Crippen LogP contribution >= 0.6 is 11.3 Å². The molecule has 206 valence electrons. The van der Waals surface area contributed by atoms with E-state index in [0.717, 1.165) is 11.1 Å². The molecule has 4 rings (SSSR count). The van der Waals surface area contributed by atoms with Crippen molar-refractivity contribution in [2.24, 2.45) is 5.92 Å². The van der Waals surface area contributed by atoms with Crippen molar-refractivity contribution in [1.82, 2.24) is 14.6 Å². The largest absolute Gasteiger partial charge is 0.390 e. The van der Waals surface area contributed by atoms with E-state index in [2.05, 4.69) is 10.3 Å². The van der Waals surface area contributed by atoms with Gasteiger partial charge >= 0.3 is 0 Å². The maximum Gasteiger partial charge on any atom is 0.251 e. The molecule has 10 heteroatoms. The second-order valence-corrected chi connectivity index (χ2v) is 13.0. The standard InChI is InChI=1S/C29H34N4O4S2/c1-19(2)17-33(39(36,37)22-13-14-24-27(16-22)38-29(30)32-24)18-26(34)25(15-21-10-5-4-6-11-21)31-28(35)23-12-8-7-9-20(23)3/h4-14,16,19,25-26,34H,15,17-18H2,1-3H3,(H2,30,32)(H,31,35)/t25-,26+/m0/s1. The van der Waals surface area contributed by atoms with Crippen molar-refractivity contribution in [3.8, 4) is 0 Å². The highest BCUT2D eigenvalue weighted by Crippen LogP contribution is 2.28. The summed E-state index contributed by atoms with van der Waals surface area (Å²) in [7, 11) is -3.97. The molecule has 0 unspecified atom stereocenters. The fourth-order valence-electron chi connectivity index (χ4n) is 4.47. The monoisotopic (exact) mass is 566 g/mol. The number of carbonyl (C=O) groups is 1. The lowest BCUT2D eigenvalue weighted by Crippen LogP contribution is -2.51. The van der Waals surface area contributed by atoms with Crippen LogP contribution in [0.5, 0.6) is 0 Å². The van der Waals surface area contributed by atoms with Gasteiger partial charge in [0.15, 0.2) is 5.13 Å². The van der Waals surface area contributed by atoms with Gasteiger partial charge in [0, 0.05) is 18.7 Å². The van der Waals surface area contributed by atoms with Crippen molar-refractivity contribution in [2.45, 2.75) is 44.2 Å². The number of carbonyl (C=O) groups excluding carboxylic acids is 1. The van der Waals surface area contributed by atoms with Crippen LogP contribution in [0.15, 0.2) is 77.7 Å². The van der Waals surface area contributed by atoms with Gasteiger partial charge in [0.2, 0.25) is 10.0 Å². The van der Waals surface area contributed by atoms with Gasteiger partial charge in [-0.3, -0.25) is 4.79 Å². The summed E-state index contributed by atoms with van der Waals surface area (Å²) in [5.74, 6) is -0.316. The Labute approximate surface area is 233 Å². The van der Waals surface area contributed by atoms with Gasteiger partial charge in [-0.25, -0.2) is 13.4 Å². The SMILES string of the molecule is Cc1ccccc1C(=O)N[C@@H](Cc1ccccc1)[C@H](O)CN(CC(C)C)S(=O)(=O)c1ccc2nc(N)sc2c1. The third-order valence-corrected chi connectivity index (χ3v) is 9.12. The minimum atomic E-state index is -3.97. The quantitative estimate of drug-likeness (QED) is 0.249. The van der Waals surface area contributed by atoms with E-state index < -0.39 is 22.2 Å². The number of nitrogens with zero attached hydrogens (tertiary/aromatic N) is 2. The number of sulfonamides is 1. The number of hydrogen-bond acceptors (Lipinski definition) is 7. The predicted octanol–water partition coefficient (Wildman–Crippen LogP) is 4.24. The molecule has 0 bridgehead atoms. The van der Waals surface area contributed by atoms with E-state index in [4.69, 9.17) is 5.73 Å². The number of nitrogens with one attached hydrogen (secondary N) is 1. The van der Waals surface area contributed by atoms with Crippen LogP contribution in [0.25, 0.3) is 10.2 Å². The van der Waals surface area contributed by atoms with Crippen molar-refractivity contribution >= 4 is 42.6 Å². The first-order chi connectivity index (χ1) is 18.5. The van der Waals surface area contributed by atoms with Crippen LogP contribution in [0.2, 0.25) is 0 Å². The number of hydrogen-bond donors (Lipinski definition) is 3. The van der Waals surface area contributed by atoms with E-state index in [1.54, 1.807) is 24.3 Å². The molecule has 2 atom stereocenters. The molecule has 3 aromatic carbocycles. The zero-order valence-corrected chi connectivity index (χ0v) is 23.9. The van der Waals surface area contributed by atoms with Gasteiger partial charge in [0.1, 0.15) is 0 Å². The normalized spacial score (nSPS) is 13.6. The molecule has 4 aromatic rings. The van der Waals surface area contributed by atoms with E-state index >= 15 is 0 Å². The lowest BCUT2D eigenvalue weighted by atomic mass is 9.99. The molecule has 0 radical (unpaired) electrons. The van der Waals surface area contributed by atoms with Crippen LogP contribution in [0.1, 0.15) is 35.3 Å². The number of nitrogens with two attached hydrogens (primary N) is 1. The predicted molar refractivity (Wildman–Crippen MR) is 156 cm³/mol. The number of benzene rings is 3. The number of anilines is 1. The summed E-state index contributed by atoms with van der Waals surface area (Å²) in [6.07, 6.45) is -0.837. The van der Waals surface area contributed by atoms with Crippen molar-refractivity contribution in [3.63, 3.8) is 0 Å². The zero-order chi connectivity index (χ0) is 28.2. The number of aliphatic hydroxyl groups excluding tert-OH is 1. The Morgan fingerprint density at radius 2 is 1.74 bits per heavy atom. The van der Waals surface area contributed by atoms with Crippen LogP contribution in [0.4, 0.5) is 5.13 Å². The van der Waals surface area contributed by atoms with E-state index in [1.807, 2.05) is 63.2 Å². The van der Waals surface area contributed by atoms with E-state index in [-0.39, 0.29) is 29.8 Å². The van der Waals surface area contributed by atoms with Crippen LogP contribution in [-0.2, 0) is 16.4 Å². The highest BCUT2D eigenvalue weighted by atomic mass is 32.2. The van der Waals surface area contributed by atoms with E-state index in [0.29, 0.717) is 27.3 Å². The van der Waals surface area contributed by atoms with Gasteiger partial charge in [-0.05, 0) is 54.7 Å². The minimum Gasteiger partial charge on any atom is -0.390 e. The summed E-state index contributed by atoms with van der Waals surface area (Å²) in [5, 5.41) is 14.8. The number of nitrogen functional groups attached to an aromatic ring is 1. The summed E-state index contributed by atoms with van der Waals surface area (Å²) in [4.78, 5) is 17.5. The van der Waals surface area contributed by atoms with E-state index in [1.165, 1.54) is 21.7 Å². The molecule has 0 aliphatic heterocycles. The maximum atomic E-state index is 13.8. The van der Waals surface area contributed by atoms with Crippen LogP contribution in [0.3, 0.4) is 0 Å². The summed E-state index contributed by atoms with van der Waals surface area (Å²) >= 11 is 1.22. The van der Waals surface area contributed by atoms with Gasteiger partial charge in [-0.15, -0.1) is 0 Å². The average molecular weight is 567 g/mol. The maximum absolute atomic E-state index is 13.8. The number of rotatable bonds is 11. The first-order valence-corrected chi connectivity index (χ1v) is 15.0. The Kier molecular flexibility index (Phi) is 9.01. The molecular formula is C29H34N4O4S2. The Morgan fingerprint density at radius 3 is 2.44 bits per heavy atom. The van der Waals surface area contributed by atoms with Crippen LogP contribution in [0, 0.1) is 12.8 Å². The molecule has 1 amide bonds. The second kappa shape index (κ2) is 12.3. The molecule has 4 N–H and O–H groups in total. The number of aromatic nitrogens is 1. The lowest BCUT2D eigenvalue weighted by Gasteiger charge is -2.31. The Bertz CT molecular complexity index is 1540. The summed E-state index contributed by atoms with van der Waals surface area (Å²) < 4.78 is 29.6. The molecule has 0 aliphatic carbocycles. The number of fused-ring (bicyclic) bond motifs is 1. The van der Waals surface area contributed by atoms with Crippen molar-refractivity contribution < 1.29 is 18.3 Å². The lowest BCUT2D eigenvalue weighted by molar-refractivity contribution is 0.0775. The fraction of sp³-hybridized carbons (Fsp3) is 0.310. The number of amides is 1. The van der Waals surface area contributed by atoms with Crippen molar-refractivity contribution in [2.75, 3.05) is 18.8 Å². The first kappa shape index (κ1) is 28.7. The van der Waals surface area contributed by atoms with Gasteiger partial charge < -0.3 is 16.2 Å². The third-order valence-electron chi connectivity index (χ3n) is 6.44. The summed E-state index contributed by atoms with van der Waals surface area (Å²) in [6, 6.07) is 20.7. The molecule has 0 saturated carbocycles. The van der Waals surface area contributed by atoms with Gasteiger partial charge in [-0.1, -0.05) is 73.7 Å². The smallest absolute Gasteiger partial charge is 0.251 e. The van der Waals surface area contributed by atoms with Crippen molar-refractivity contribution in [3.05, 3.63) is 89.5 Å². The molecule has 1 heterocycles. The van der Waals surface area contributed by atoms with Crippen LogP contribution < -0.4 is 11.1 Å².